The number of hydrogen-bond donors (Lipinski definition) is 1. The zero-order valence-electron chi connectivity index (χ0n) is 11.5. The number of phenolic OH excluding ortho intramolecular Hbond substituents is 1. The van der Waals surface area contributed by atoms with Crippen LogP contribution in [0.3, 0.4) is 0 Å². The van der Waals surface area contributed by atoms with Crippen LogP contribution in [-0.4, -0.2) is 23.6 Å². The van der Waals surface area contributed by atoms with E-state index in [1.54, 1.807) is 6.07 Å². The van der Waals surface area contributed by atoms with Crippen molar-refractivity contribution >= 4 is 0 Å². The van der Waals surface area contributed by atoms with Crippen LogP contribution in [0.25, 0.3) is 0 Å². The van der Waals surface area contributed by atoms with Gasteiger partial charge in [0.2, 0.25) is 0 Å². The lowest BCUT2D eigenvalue weighted by molar-refractivity contribution is 0.214. The van der Waals surface area contributed by atoms with Gasteiger partial charge in [-0.15, -0.1) is 0 Å². The van der Waals surface area contributed by atoms with E-state index in [-0.39, 0.29) is 5.75 Å². The lowest BCUT2D eigenvalue weighted by Gasteiger charge is -2.27. The SMILES string of the molecule is CN(Cc1ccc(O)c(F)c1)CC1CC2CCC1C2. The zero-order chi connectivity index (χ0) is 13.4. The highest BCUT2D eigenvalue weighted by atomic mass is 19.1. The topological polar surface area (TPSA) is 23.5 Å². The number of hydrogen-bond acceptors (Lipinski definition) is 2. The fourth-order valence-electron chi connectivity index (χ4n) is 4.03. The third kappa shape index (κ3) is 2.76. The summed E-state index contributed by atoms with van der Waals surface area (Å²) in [6.45, 7) is 1.87. The van der Waals surface area contributed by atoms with Gasteiger partial charge in [0, 0.05) is 13.1 Å². The summed E-state index contributed by atoms with van der Waals surface area (Å²) in [5, 5.41) is 9.19. The Balaban J connectivity index is 1.56. The molecule has 3 unspecified atom stereocenters. The highest BCUT2D eigenvalue weighted by Crippen LogP contribution is 2.48. The number of aromatic hydroxyl groups is 1. The van der Waals surface area contributed by atoms with Gasteiger partial charge in [-0.1, -0.05) is 12.5 Å². The van der Waals surface area contributed by atoms with E-state index in [0.717, 1.165) is 36.4 Å². The van der Waals surface area contributed by atoms with Crippen molar-refractivity contribution in [1.82, 2.24) is 4.90 Å². The molecule has 3 heteroatoms. The Kier molecular flexibility index (Phi) is 3.48. The maximum absolute atomic E-state index is 13.3. The Labute approximate surface area is 114 Å². The number of rotatable bonds is 4. The first kappa shape index (κ1) is 12.9. The molecular weight excluding hydrogens is 241 g/mol. The lowest BCUT2D eigenvalue weighted by Crippen LogP contribution is -2.28. The summed E-state index contributed by atoms with van der Waals surface area (Å²) in [6.07, 6.45) is 5.68. The van der Waals surface area contributed by atoms with E-state index >= 15 is 0 Å². The molecule has 0 spiro atoms. The molecular formula is C16H22FNO. The largest absolute Gasteiger partial charge is 0.505 e. The van der Waals surface area contributed by atoms with Crippen LogP contribution in [0.5, 0.6) is 5.75 Å². The minimum atomic E-state index is -0.522. The van der Waals surface area contributed by atoms with Gasteiger partial charge in [-0.3, -0.25) is 0 Å². The minimum Gasteiger partial charge on any atom is -0.505 e. The van der Waals surface area contributed by atoms with Crippen LogP contribution < -0.4 is 0 Å². The van der Waals surface area contributed by atoms with Gasteiger partial charge >= 0.3 is 0 Å². The quantitative estimate of drug-likeness (QED) is 0.900. The van der Waals surface area contributed by atoms with Gasteiger partial charge in [-0.25, -0.2) is 4.39 Å². The monoisotopic (exact) mass is 263 g/mol. The van der Waals surface area contributed by atoms with Crippen LogP contribution in [-0.2, 0) is 6.54 Å². The van der Waals surface area contributed by atoms with Crippen molar-refractivity contribution in [3.8, 4) is 5.75 Å². The average Bonchev–Trinajstić information content (AvgIpc) is 2.96. The van der Waals surface area contributed by atoms with Crippen molar-refractivity contribution in [3.05, 3.63) is 29.6 Å². The molecule has 0 aromatic heterocycles. The number of phenols is 1. The van der Waals surface area contributed by atoms with Crippen LogP contribution in [0.15, 0.2) is 18.2 Å². The molecule has 1 aromatic rings. The van der Waals surface area contributed by atoms with Crippen molar-refractivity contribution < 1.29 is 9.50 Å². The molecule has 2 aliphatic carbocycles. The predicted molar refractivity (Wildman–Crippen MR) is 73.3 cm³/mol. The van der Waals surface area contributed by atoms with Crippen molar-refractivity contribution in [2.24, 2.45) is 17.8 Å². The van der Waals surface area contributed by atoms with Gasteiger partial charge in [0.05, 0.1) is 0 Å². The zero-order valence-corrected chi connectivity index (χ0v) is 11.5. The van der Waals surface area contributed by atoms with Gasteiger partial charge in [0.25, 0.3) is 0 Å². The first-order valence-corrected chi connectivity index (χ1v) is 7.27. The standard InChI is InChI=1S/C16H22FNO/c1-18(9-12-3-5-16(19)15(17)8-12)10-14-7-11-2-4-13(14)6-11/h3,5,8,11,13-14,19H,2,4,6-7,9-10H2,1H3. The maximum atomic E-state index is 13.3. The minimum absolute atomic E-state index is 0.264. The second-order valence-electron chi connectivity index (χ2n) is 6.42. The van der Waals surface area contributed by atoms with E-state index in [0.29, 0.717) is 0 Å². The molecule has 0 amide bonds. The molecule has 19 heavy (non-hydrogen) atoms. The normalized spacial score (nSPS) is 29.3. The fraction of sp³-hybridized carbons (Fsp3) is 0.625. The van der Waals surface area contributed by atoms with Crippen LogP contribution in [0.1, 0.15) is 31.2 Å². The summed E-state index contributed by atoms with van der Waals surface area (Å²) in [5.41, 5.74) is 0.931. The van der Waals surface area contributed by atoms with Crippen LogP contribution >= 0.6 is 0 Å². The van der Waals surface area contributed by atoms with Crippen molar-refractivity contribution in [3.63, 3.8) is 0 Å². The molecule has 2 nitrogen and oxygen atoms in total. The summed E-state index contributed by atoms with van der Waals surface area (Å²) < 4.78 is 13.3. The Bertz CT molecular complexity index is 462. The Hall–Kier alpha value is -1.09. The molecule has 104 valence electrons. The highest BCUT2D eigenvalue weighted by molar-refractivity contribution is 5.27. The molecule has 2 saturated carbocycles. The van der Waals surface area contributed by atoms with Gasteiger partial charge in [0.1, 0.15) is 0 Å². The molecule has 1 N–H and O–H groups in total. The van der Waals surface area contributed by atoms with E-state index in [4.69, 9.17) is 0 Å². The fourth-order valence-corrected chi connectivity index (χ4v) is 4.03. The second-order valence-corrected chi connectivity index (χ2v) is 6.42. The predicted octanol–water partition coefficient (Wildman–Crippen LogP) is 3.40. The summed E-state index contributed by atoms with van der Waals surface area (Å²) >= 11 is 0. The summed E-state index contributed by atoms with van der Waals surface area (Å²) in [5.74, 6) is 1.97. The maximum Gasteiger partial charge on any atom is 0.165 e. The van der Waals surface area contributed by atoms with E-state index in [1.807, 2.05) is 0 Å². The summed E-state index contributed by atoms with van der Waals surface area (Å²) in [6, 6.07) is 4.68. The number of benzene rings is 1. The molecule has 2 fully saturated rings. The highest BCUT2D eigenvalue weighted by Gasteiger charge is 2.39. The van der Waals surface area contributed by atoms with Crippen LogP contribution in [0.2, 0.25) is 0 Å². The molecule has 3 atom stereocenters. The third-order valence-electron chi connectivity index (χ3n) is 4.90. The van der Waals surface area contributed by atoms with Gasteiger partial charge in [0.15, 0.2) is 11.6 Å². The lowest BCUT2D eigenvalue weighted by atomic mass is 9.88. The van der Waals surface area contributed by atoms with Gasteiger partial charge < -0.3 is 10.0 Å². The molecule has 0 aliphatic heterocycles. The van der Waals surface area contributed by atoms with Crippen LogP contribution in [0.4, 0.5) is 4.39 Å². The van der Waals surface area contributed by atoms with Crippen molar-refractivity contribution in [2.75, 3.05) is 13.6 Å². The summed E-state index contributed by atoms with van der Waals surface area (Å²) in [4.78, 5) is 2.29. The van der Waals surface area contributed by atoms with E-state index in [9.17, 15) is 9.50 Å². The number of fused-ring (bicyclic) bond motifs is 2. The van der Waals surface area contributed by atoms with Crippen LogP contribution in [0, 0.1) is 23.6 Å². The van der Waals surface area contributed by atoms with E-state index < -0.39 is 5.82 Å². The molecule has 0 heterocycles. The number of nitrogens with zero attached hydrogens (tertiary/aromatic N) is 1. The molecule has 2 bridgehead atoms. The molecule has 1 aromatic carbocycles. The Morgan fingerprint density at radius 1 is 1.32 bits per heavy atom. The van der Waals surface area contributed by atoms with Crippen molar-refractivity contribution in [1.29, 1.82) is 0 Å². The van der Waals surface area contributed by atoms with Gasteiger partial charge in [-0.05, 0) is 61.8 Å². The van der Waals surface area contributed by atoms with E-state index in [2.05, 4.69) is 11.9 Å². The molecule has 0 radical (unpaired) electrons. The second kappa shape index (κ2) is 5.12. The van der Waals surface area contributed by atoms with Gasteiger partial charge in [-0.2, -0.15) is 0 Å². The number of halogens is 1. The third-order valence-corrected chi connectivity index (χ3v) is 4.90. The first-order valence-electron chi connectivity index (χ1n) is 7.27. The molecule has 2 aliphatic rings. The van der Waals surface area contributed by atoms with Crippen molar-refractivity contribution in [2.45, 2.75) is 32.2 Å². The molecule has 0 saturated heterocycles. The smallest absolute Gasteiger partial charge is 0.165 e. The Morgan fingerprint density at radius 2 is 2.16 bits per heavy atom. The molecule has 3 rings (SSSR count). The average molecular weight is 263 g/mol. The first-order chi connectivity index (χ1) is 9.11. The van der Waals surface area contributed by atoms with E-state index in [1.165, 1.54) is 37.8 Å². The summed E-state index contributed by atoms with van der Waals surface area (Å²) in [7, 11) is 2.11. The Morgan fingerprint density at radius 3 is 2.79 bits per heavy atom.